The Hall–Kier alpha value is -1.91. The molecule has 2 amide bonds. The number of amides is 2. The van der Waals surface area contributed by atoms with Gasteiger partial charge < -0.3 is 19.7 Å². The van der Waals surface area contributed by atoms with E-state index in [-0.39, 0.29) is 6.03 Å². The molecule has 0 atom stereocenters. The molecule has 1 fully saturated rings. The molecule has 0 unspecified atom stereocenters. The van der Waals surface area contributed by atoms with Crippen molar-refractivity contribution in [2.24, 2.45) is 0 Å². The normalized spacial score (nSPS) is 15.6. The molecule has 1 N–H and O–H groups in total. The quantitative estimate of drug-likeness (QED) is 0.851. The third-order valence-corrected chi connectivity index (χ3v) is 3.85. The molecule has 0 radical (unpaired) electrons. The summed E-state index contributed by atoms with van der Waals surface area (Å²) in [4.78, 5) is 14.0. The second kappa shape index (κ2) is 9.18. The van der Waals surface area contributed by atoms with Crippen molar-refractivity contribution >= 4 is 6.03 Å². The van der Waals surface area contributed by atoms with Crippen LogP contribution in [0, 0.1) is 0 Å². The van der Waals surface area contributed by atoms with E-state index in [0.717, 1.165) is 37.4 Å². The fourth-order valence-electron chi connectivity index (χ4n) is 2.56. The van der Waals surface area contributed by atoms with E-state index in [1.807, 2.05) is 29.2 Å². The number of likely N-dealkylation sites (tertiary alicyclic amines) is 1. The third-order valence-electron chi connectivity index (χ3n) is 3.85. The summed E-state index contributed by atoms with van der Waals surface area (Å²) in [7, 11) is 1.64. The van der Waals surface area contributed by atoms with Crippen LogP contribution in [-0.4, -0.2) is 44.3 Å². The summed E-state index contributed by atoms with van der Waals surface area (Å²) in [6, 6.07) is 7.46. The van der Waals surface area contributed by atoms with Crippen molar-refractivity contribution in [1.82, 2.24) is 10.2 Å². The fourth-order valence-corrected chi connectivity index (χ4v) is 2.56. The molecular weight excluding hydrogens is 280 g/mol. The first kappa shape index (κ1) is 16.5. The average Bonchev–Trinajstić information content (AvgIpc) is 2.51. The molecule has 2 rings (SSSR count). The Morgan fingerprint density at radius 3 is 2.27 bits per heavy atom. The Morgan fingerprint density at radius 1 is 1.05 bits per heavy atom. The molecule has 1 heterocycles. The zero-order valence-electron chi connectivity index (χ0n) is 13.3. The molecule has 1 aromatic rings. The molecular formula is C17H26N2O3. The van der Waals surface area contributed by atoms with Crippen LogP contribution in [0.3, 0.4) is 0 Å². The van der Waals surface area contributed by atoms with Crippen molar-refractivity contribution in [3.63, 3.8) is 0 Å². The number of methoxy groups -OCH3 is 1. The van der Waals surface area contributed by atoms with E-state index in [0.29, 0.717) is 13.2 Å². The zero-order chi connectivity index (χ0) is 15.6. The number of carbonyl (C=O) groups is 1. The SMILES string of the molecule is COc1ccc(OCCNC(=O)N2CCCCCCC2)cc1. The standard InChI is InChI=1S/C17H26N2O3/c1-21-15-7-9-16(10-8-15)22-14-11-18-17(20)19-12-5-3-2-4-6-13-19/h7-10H,2-6,11-14H2,1H3,(H,18,20). The first-order chi connectivity index (χ1) is 10.8. The maximum atomic E-state index is 12.1. The second-order valence-electron chi connectivity index (χ2n) is 5.51. The molecule has 1 aliphatic heterocycles. The molecule has 5 heteroatoms. The van der Waals surface area contributed by atoms with E-state index in [9.17, 15) is 4.79 Å². The van der Waals surface area contributed by atoms with E-state index in [2.05, 4.69) is 5.32 Å². The van der Waals surface area contributed by atoms with Crippen molar-refractivity contribution in [3.8, 4) is 11.5 Å². The summed E-state index contributed by atoms with van der Waals surface area (Å²) in [5.74, 6) is 1.58. The maximum Gasteiger partial charge on any atom is 0.317 e. The lowest BCUT2D eigenvalue weighted by atomic mass is 10.1. The molecule has 0 spiro atoms. The van der Waals surface area contributed by atoms with Gasteiger partial charge in [0.25, 0.3) is 0 Å². The molecule has 22 heavy (non-hydrogen) atoms. The topological polar surface area (TPSA) is 50.8 Å². The maximum absolute atomic E-state index is 12.1. The molecule has 1 aliphatic rings. The van der Waals surface area contributed by atoms with Crippen LogP contribution in [0.5, 0.6) is 11.5 Å². The second-order valence-corrected chi connectivity index (χ2v) is 5.51. The molecule has 1 aromatic carbocycles. The lowest BCUT2D eigenvalue weighted by Crippen LogP contribution is -2.42. The van der Waals surface area contributed by atoms with Crippen LogP contribution in [0.25, 0.3) is 0 Å². The van der Waals surface area contributed by atoms with Crippen molar-refractivity contribution in [1.29, 1.82) is 0 Å². The molecule has 0 bridgehead atoms. The van der Waals surface area contributed by atoms with E-state index < -0.39 is 0 Å². The smallest absolute Gasteiger partial charge is 0.317 e. The predicted molar refractivity (Wildman–Crippen MR) is 86.5 cm³/mol. The van der Waals surface area contributed by atoms with E-state index in [4.69, 9.17) is 9.47 Å². The molecule has 0 aliphatic carbocycles. The summed E-state index contributed by atoms with van der Waals surface area (Å²) in [5, 5.41) is 2.93. The number of ether oxygens (including phenoxy) is 2. The highest BCUT2D eigenvalue weighted by Crippen LogP contribution is 2.16. The largest absolute Gasteiger partial charge is 0.497 e. The van der Waals surface area contributed by atoms with Gasteiger partial charge in [-0.05, 0) is 37.1 Å². The monoisotopic (exact) mass is 306 g/mol. The Balaban J connectivity index is 1.65. The first-order valence-electron chi connectivity index (χ1n) is 8.09. The van der Waals surface area contributed by atoms with Gasteiger partial charge in [-0.2, -0.15) is 0 Å². The van der Waals surface area contributed by atoms with Gasteiger partial charge in [0.05, 0.1) is 13.7 Å². The van der Waals surface area contributed by atoms with Crippen molar-refractivity contribution < 1.29 is 14.3 Å². The Kier molecular flexibility index (Phi) is 6.87. The van der Waals surface area contributed by atoms with Crippen LogP contribution in [0.1, 0.15) is 32.1 Å². The number of nitrogens with one attached hydrogen (secondary N) is 1. The van der Waals surface area contributed by atoms with Crippen LogP contribution >= 0.6 is 0 Å². The number of nitrogens with zero attached hydrogens (tertiary/aromatic N) is 1. The van der Waals surface area contributed by atoms with E-state index in [1.54, 1.807) is 7.11 Å². The molecule has 1 saturated heterocycles. The number of hydrogen-bond donors (Lipinski definition) is 1. The van der Waals surface area contributed by atoms with Gasteiger partial charge >= 0.3 is 6.03 Å². The molecule has 0 aromatic heterocycles. The lowest BCUT2D eigenvalue weighted by molar-refractivity contribution is 0.189. The van der Waals surface area contributed by atoms with Gasteiger partial charge in [-0.3, -0.25) is 0 Å². The highest BCUT2D eigenvalue weighted by molar-refractivity contribution is 5.74. The number of carbonyl (C=O) groups excluding carboxylic acids is 1. The van der Waals surface area contributed by atoms with Gasteiger partial charge in [0, 0.05) is 13.1 Å². The van der Waals surface area contributed by atoms with Crippen LogP contribution in [-0.2, 0) is 0 Å². The summed E-state index contributed by atoms with van der Waals surface area (Å²) in [6.07, 6.45) is 5.96. The van der Waals surface area contributed by atoms with E-state index in [1.165, 1.54) is 19.3 Å². The van der Waals surface area contributed by atoms with Crippen molar-refractivity contribution in [2.45, 2.75) is 32.1 Å². The summed E-state index contributed by atoms with van der Waals surface area (Å²) in [6.45, 7) is 2.71. The molecule has 5 nitrogen and oxygen atoms in total. The van der Waals surface area contributed by atoms with Crippen molar-refractivity contribution in [2.75, 3.05) is 33.4 Å². The fraction of sp³-hybridized carbons (Fsp3) is 0.588. The highest BCUT2D eigenvalue weighted by atomic mass is 16.5. The Bertz CT molecular complexity index is 440. The van der Waals surface area contributed by atoms with Gasteiger partial charge in [-0.25, -0.2) is 4.79 Å². The summed E-state index contributed by atoms with van der Waals surface area (Å²) < 4.78 is 10.7. The van der Waals surface area contributed by atoms with E-state index >= 15 is 0 Å². The van der Waals surface area contributed by atoms with Gasteiger partial charge in [0.2, 0.25) is 0 Å². The number of benzene rings is 1. The summed E-state index contributed by atoms with van der Waals surface area (Å²) >= 11 is 0. The number of hydrogen-bond acceptors (Lipinski definition) is 3. The van der Waals surface area contributed by atoms with Gasteiger partial charge in [-0.1, -0.05) is 19.3 Å². The Morgan fingerprint density at radius 2 is 1.64 bits per heavy atom. The summed E-state index contributed by atoms with van der Waals surface area (Å²) in [5.41, 5.74) is 0. The molecule has 0 saturated carbocycles. The minimum absolute atomic E-state index is 0.0280. The molecule has 122 valence electrons. The Labute approximate surface area is 132 Å². The van der Waals surface area contributed by atoms with Gasteiger partial charge in [-0.15, -0.1) is 0 Å². The first-order valence-corrected chi connectivity index (χ1v) is 8.09. The lowest BCUT2D eigenvalue weighted by Gasteiger charge is -2.25. The third kappa shape index (κ3) is 5.47. The average molecular weight is 306 g/mol. The van der Waals surface area contributed by atoms with Crippen LogP contribution in [0.2, 0.25) is 0 Å². The van der Waals surface area contributed by atoms with Crippen LogP contribution < -0.4 is 14.8 Å². The zero-order valence-corrected chi connectivity index (χ0v) is 13.3. The minimum atomic E-state index is 0.0280. The minimum Gasteiger partial charge on any atom is -0.497 e. The number of urea groups is 1. The van der Waals surface area contributed by atoms with Gasteiger partial charge in [0.15, 0.2) is 0 Å². The predicted octanol–water partition coefficient (Wildman–Crippen LogP) is 3.05. The number of rotatable bonds is 5. The van der Waals surface area contributed by atoms with Crippen LogP contribution in [0.4, 0.5) is 4.79 Å². The van der Waals surface area contributed by atoms with Gasteiger partial charge in [0.1, 0.15) is 18.1 Å². The highest BCUT2D eigenvalue weighted by Gasteiger charge is 2.13. The van der Waals surface area contributed by atoms with Crippen molar-refractivity contribution in [3.05, 3.63) is 24.3 Å². The van der Waals surface area contributed by atoms with Crippen LogP contribution in [0.15, 0.2) is 24.3 Å².